The number of hydrogen-bond donors (Lipinski definition) is 1. The summed E-state index contributed by atoms with van der Waals surface area (Å²) in [4.78, 5) is 0. The van der Waals surface area contributed by atoms with Crippen molar-refractivity contribution in [1.82, 2.24) is 0 Å². The van der Waals surface area contributed by atoms with Crippen LogP contribution in [-0.4, -0.2) is 0 Å². The molecule has 19 heavy (non-hydrogen) atoms. The predicted molar refractivity (Wildman–Crippen MR) is 75.2 cm³/mol. The zero-order valence-electron chi connectivity index (χ0n) is 9.48. The van der Waals surface area contributed by atoms with Gasteiger partial charge in [0.1, 0.15) is 5.82 Å². The first-order valence-electron chi connectivity index (χ1n) is 5.29. The molecular formula is C13H8Cl3F2N. The number of halogens is 5. The number of hydrogen-bond acceptors (Lipinski definition) is 1. The highest BCUT2D eigenvalue weighted by molar-refractivity contribution is 6.35. The highest BCUT2D eigenvalue weighted by atomic mass is 35.5. The molecule has 0 saturated heterocycles. The van der Waals surface area contributed by atoms with Crippen LogP contribution < -0.4 is 5.32 Å². The summed E-state index contributed by atoms with van der Waals surface area (Å²) in [5, 5.41) is 3.12. The second kappa shape index (κ2) is 5.95. The van der Waals surface area contributed by atoms with Crippen molar-refractivity contribution in [3.63, 3.8) is 0 Å². The quantitative estimate of drug-likeness (QED) is 0.732. The molecule has 0 radical (unpaired) electrons. The van der Waals surface area contributed by atoms with Crippen LogP contribution in [-0.2, 0) is 6.54 Å². The Hall–Kier alpha value is -1.03. The van der Waals surface area contributed by atoms with E-state index in [0.29, 0.717) is 22.8 Å². The van der Waals surface area contributed by atoms with Gasteiger partial charge < -0.3 is 5.32 Å². The van der Waals surface area contributed by atoms with E-state index < -0.39 is 11.6 Å². The minimum Gasteiger partial charge on any atom is -0.381 e. The van der Waals surface area contributed by atoms with E-state index in [1.54, 1.807) is 6.07 Å². The molecule has 1 nitrogen and oxygen atoms in total. The van der Waals surface area contributed by atoms with Crippen LogP contribution >= 0.6 is 34.8 Å². The summed E-state index contributed by atoms with van der Waals surface area (Å²) in [5.41, 5.74) is 1.19. The Morgan fingerprint density at radius 2 is 1.53 bits per heavy atom. The van der Waals surface area contributed by atoms with Gasteiger partial charge in [-0.05, 0) is 35.9 Å². The average molecular weight is 323 g/mol. The number of nitrogens with one attached hydrogen (secondary N) is 1. The van der Waals surface area contributed by atoms with Crippen molar-refractivity contribution in [2.24, 2.45) is 0 Å². The van der Waals surface area contributed by atoms with E-state index in [0.717, 1.165) is 0 Å². The van der Waals surface area contributed by atoms with Gasteiger partial charge in [-0.1, -0.05) is 34.8 Å². The molecule has 2 aromatic carbocycles. The topological polar surface area (TPSA) is 12.0 Å². The summed E-state index contributed by atoms with van der Waals surface area (Å²) in [6.45, 7) is 0.315. The minimum atomic E-state index is -0.664. The molecular weight excluding hydrogens is 315 g/mol. The molecule has 100 valence electrons. The van der Waals surface area contributed by atoms with Crippen molar-refractivity contribution in [3.8, 4) is 0 Å². The SMILES string of the molecule is Fc1cc(Cl)cc(CNc2cc(Cl)c(F)c(Cl)c2)c1. The third kappa shape index (κ3) is 3.72. The third-order valence-electron chi connectivity index (χ3n) is 2.40. The van der Waals surface area contributed by atoms with Crippen LogP contribution in [0.4, 0.5) is 14.5 Å². The Morgan fingerprint density at radius 3 is 2.11 bits per heavy atom. The van der Waals surface area contributed by atoms with E-state index >= 15 is 0 Å². The van der Waals surface area contributed by atoms with Gasteiger partial charge in [0, 0.05) is 17.3 Å². The second-order valence-electron chi connectivity index (χ2n) is 3.89. The third-order valence-corrected chi connectivity index (χ3v) is 3.17. The van der Waals surface area contributed by atoms with Crippen molar-refractivity contribution in [1.29, 1.82) is 0 Å². The predicted octanol–water partition coefficient (Wildman–Crippen LogP) is 5.54. The monoisotopic (exact) mass is 321 g/mol. The summed E-state index contributed by atoms with van der Waals surface area (Å²) in [5.74, 6) is -1.08. The van der Waals surface area contributed by atoms with Crippen LogP contribution in [0.15, 0.2) is 30.3 Å². The fraction of sp³-hybridized carbons (Fsp3) is 0.0769. The Kier molecular flexibility index (Phi) is 4.50. The first-order chi connectivity index (χ1) is 8.95. The highest BCUT2D eigenvalue weighted by Crippen LogP contribution is 2.27. The van der Waals surface area contributed by atoms with Gasteiger partial charge in [0.05, 0.1) is 10.0 Å². The largest absolute Gasteiger partial charge is 0.381 e. The lowest BCUT2D eigenvalue weighted by Gasteiger charge is -2.09. The summed E-state index contributed by atoms with van der Waals surface area (Å²) in [7, 11) is 0. The van der Waals surface area contributed by atoms with Crippen molar-refractivity contribution in [2.45, 2.75) is 6.54 Å². The molecule has 6 heteroatoms. The molecule has 2 rings (SSSR count). The van der Waals surface area contributed by atoms with Crippen LogP contribution in [0.25, 0.3) is 0 Å². The first kappa shape index (κ1) is 14.4. The van der Waals surface area contributed by atoms with Crippen molar-refractivity contribution >= 4 is 40.5 Å². The van der Waals surface area contributed by atoms with E-state index in [-0.39, 0.29) is 10.0 Å². The van der Waals surface area contributed by atoms with Gasteiger partial charge in [0.15, 0.2) is 5.82 Å². The Bertz CT molecular complexity index is 574. The maximum atomic E-state index is 13.2. The number of anilines is 1. The van der Waals surface area contributed by atoms with E-state index in [1.807, 2.05) is 0 Å². The fourth-order valence-corrected chi connectivity index (χ4v) is 2.31. The van der Waals surface area contributed by atoms with Gasteiger partial charge in [-0.25, -0.2) is 8.78 Å². The lowest BCUT2D eigenvalue weighted by Crippen LogP contribution is -2.00. The van der Waals surface area contributed by atoms with Gasteiger partial charge in [-0.3, -0.25) is 0 Å². The van der Waals surface area contributed by atoms with Gasteiger partial charge in [-0.15, -0.1) is 0 Å². The number of benzene rings is 2. The lowest BCUT2D eigenvalue weighted by atomic mass is 10.2. The van der Waals surface area contributed by atoms with Crippen molar-refractivity contribution in [2.75, 3.05) is 5.32 Å². The first-order valence-corrected chi connectivity index (χ1v) is 6.42. The summed E-state index contributed by atoms with van der Waals surface area (Å²) in [6, 6.07) is 7.01. The lowest BCUT2D eigenvalue weighted by molar-refractivity contribution is 0.626. The minimum absolute atomic E-state index is 0.0766. The maximum absolute atomic E-state index is 13.2. The standard InChI is InChI=1S/C13H8Cl3F2N/c14-8-1-7(2-9(17)3-8)6-19-10-4-11(15)13(18)12(16)5-10/h1-5,19H,6H2. The Labute approximate surface area is 124 Å². The summed E-state index contributed by atoms with van der Waals surface area (Å²) >= 11 is 17.1. The van der Waals surface area contributed by atoms with Crippen LogP contribution in [0.5, 0.6) is 0 Å². The molecule has 0 atom stereocenters. The fourth-order valence-electron chi connectivity index (χ4n) is 1.57. The van der Waals surface area contributed by atoms with E-state index in [2.05, 4.69) is 5.32 Å². The summed E-state index contributed by atoms with van der Waals surface area (Å²) < 4.78 is 26.4. The molecule has 0 fully saturated rings. The molecule has 0 aliphatic carbocycles. The second-order valence-corrected chi connectivity index (χ2v) is 5.14. The molecule has 0 amide bonds. The molecule has 0 unspecified atom stereocenters. The highest BCUT2D eigenvalue weighted by Gasteiger charge is 2.07. The van der Waals surface area contributed by atoms with Gasteiger partial charge in [-0.2, -0.15) is 0 Å². The maximum Gasteiger partial charge on any atom is 0.160 e. The molecule has 0 aliphatic heterocycles. The zero-order valence-corrected chi connectivity index (χ0v) is 11.8. The molecule has 0 bridgehead atoms. The molecule has 0 heterocycles. The Balaban J connectivity index is 2.14. The Morgan fingerprint density at radius 1 is 0.895 bits per heavy atom. The van der Waals surface area contributed by atoms with Crippen LogP contribution in [0.1, 0.15) is 5.56 Å². The van der Waals surface area contributed by atoms with E-state index in [1.165, 1.54) is 24.3 Å². The summed E-state index contributed by atoms with van der Waals surface area (Å²) in [6.07, 6.45) is 0. The molecule has 2 aromatic rings. The molecule has 0 saturated carbocycles. The number of rotatable bonds is 3. The van der Waals surface area contributed by atoms with Crippen LogP contribution in [0.3, 0.4) is 0 Å². The normalized spacial score (nSPS) is 10.6. The van der Waals surface area contributed by atoms with Crippen molar-refractivity contribution in [3.05, 3.63) is 62.6 Å². The van der Waals surface area contributed by atoms with Gasteiger partial charge in [0.25, 0.3) is 0 Å². The smallest absolute Gasteiger partial charge is 0.160 e. The average Bonchev–Trinajstić information content (AvgIpc) is 2.32. The van der Waals surface area contributed by atoms with Gasteiger partial charge in [0.2, 0.25) is 0 Å². The molecule has 0 aromatic heterocycles. The molecule has 1 N–H and O–H groups in total. The van der Waals surface area contributed by atoms with E-state index in [4.69, 9.17) is 34.8 Å². The molecule has 0 spiro atoms. The zero-order chi connectivity index (χ0) is 14.0. The molecule has 0 aliphatic rings. The van der Waals surface area contributed by atoms with Crippen LogP contribution in [0.2, 0.25) is 15.1 Å². The van der Waals surface area contributed by atoms with Crippen LogP contribution in [0, 0.1) is 11.6 Å². The van der Waals surface area contributed by atoms with Gasteiger partial charge >= 0.3 is 0 Å². The van der Waals surface area contributed by atoms with Crippen molar-refractivity contribution < 1.29 is 8.78 Å². The van der Waals surface area contributed by atoms with E-state index in [9.17, 15) is 8.78 Å².